The Bertz CT molecular complexity index is 883. The summed E-state index contributed by atoms with van der Waals surface area (Å²) in [4.78, 5) is 14.4. The fourth-order valence-corrected chi connectivity index (χ4v) is 3.39. The number of benzene rings is 1. The van der Waals surface area contributed by atoms with Crippen molar-refractivity contribution < 1.29 is 13.6 Å². The third-order valence-electron chi connectivity index (χ3n) is 4.67. The molecule has 1 aliphatic rings. The van der Waals surface area contributed by atoms with Crippen LogP contribution in [0.25, 0.3) is 11.7 Å². The minimum Gasteiger partial charge on any atom is -0.459 e. The fourth-order valence-electron chi connectivity index (χ4n) is 3.19. The Morgan fingerprint density at radius 1 is 1.15 bits per heavy atom. The fraction of sp³-hybridized carbons (Fsp3) is 0.316. The van der Waals surface area contributed by atoms with Crippen LogP contribution in [-0.2, 0) is 11.2 Å². The molecule has 1 aliphatic heterocycles. The molecule has 7 heteroatoms. The van der Waals surface area contributed by atoms with Gasteiger partial charge < -0.3 is 13.7 Å². The minimum absolute atomic E-state index is 0.0957. The van der Waals surface area contributed by atoms with Crippen molar-refractivity contribution in [2.24, 2.45) is 0 Å². The van der Waals surface area contributed by atoms with E-state index < -0.39 is 0 Å². The van der Waals surface area contributed by atoms with E-state index in [2.05, 4.69) is 10.2 Å². The van der Waals surface area contributed by atoms with Crippen molar-refractivity contribution >= 4 is 17.5 Å². The van der Waals surface area contributed by atoms with Crippen LogP contribution >= 0.6 is 11.6 Å². The van der Waals surface area contributed by atoms with E-state index in [0.29, 0.717) is 42.1 Å². The quantitative estimate of drug-likeness (QED) is 0.694. The van der Waals surface area contributed by atoms with Crippen LogP contribution in [0.15, 0.2) is 51.5 Å². The number of furan rings is 1. The van der Waals surface area contributed by atoms with Gasteiger partial charge in [0.05, 0.1) is 12.7 Å². The predicted molar refractivity (Wildman–Crippen MR) is 95.7 cm³/mol. The molecule has 0 saturated carbocycles. The van der Waals surface area contributed by atoms with E-state index in [-0.39, 0.29) is 11.8 Å². The lowest BCUT2D eigenvalue weighted by Crippen LogP contribution is -2.38. The van der Waals surface area contributed by atoms with Gasteiger partial charge in [-0.2, -0.15) is 0 Å². The molecule has 3 aromatic rings. The molecule has 0 atom stereocenters. The van der Waals surface area contributed by atoms with Crippen LogP contribution in [0.4, 0.5) is 0 Å². The Morgan fingerprint density at radius 2 is 1.96 bits per heavy atom. The van der Waals surface area contributed by atoms with Crippen molar-refractivity contribution in [3.8, 4) is 11.7 Å². The summed E-state index contributed by atoms with van der Waals surface area (Å²) in [5.41, 5.74) is 0.862. The van der Waals surface area contributed by atoms with E-state index in [1.807, 2.05) is 29.2 Å². The maximum Gasteiger partial charge on any atom is 0.283 e. The maximum absolute atomic E-state index is 12.5. The molecule has 6 nitrogen and oxygen atoms in total. The Morgan fingerprint density at radius 3 is 2.69 bits per heavy atom. The highest BCUT2D eigenvalue weighted by Crippen LogP contribution is 2.30. The molecule has 2 aromatic heterocycles. The van der Waals surface area contributed by atoms with E-state index in [9.17, 15) is 4.79 Å². The Hall–Kier alpha value is -2.60. The number of halogens is 1. The summed E-state index contributed by atoms with van der Waals surface area (Å²) in [6.07, 6.45) is 3.50. The van der Waals surface area contributed by atoms with Gasteiger partial charge >= 0.3 is 0 Å². The second kappa shape index (κ2) is 7.33. The lowest BCUT2D eigenvalue weighted by molar-refractivity contribution is -0.131. The van der Waals surface area contributed by atoms with Crippen molar-refractivity contribution in [2.75, 3.05) is 13.1 Å². The van der Waals surface area contributed by atoms with Crippen LogP contribution in [-0.4, -0.2) is 34.1 Å². The summed E-state index contributed by atoms with van der Waals surface area (Å²) >= 11 is 6.15. The van der Waals surface area contributed by atoms with Crippen molar-refractivity contribution in [1.29, 1.82) is 0 Å². The normalized spacial score (nSPS) is 15.3. The van der Waals surface area contributed by atoms with E-state index >= 15 is 0 Å². The molecule has 0 N–H and O–H groups in total. The largest absolute Gasteiger partial charge is 0.459 e. The second-order valence-corrected chi connectivity index (χ2v) is 6.75. The van der Waals surface area contributed by atoms with Crippen molar-refractivity contribution in [1.82, 2.24) is 15.1 Å². The highest BCUT2D eigenvalue weighted by molar-refractivity contribution is 6.31. The van der Waals surface area contributed by atoms with E-state index in [0.717, 1.165) is 18.4 Å². The van der Waals surface area contributed by atoms with Crippen molar-refractivity contribution in [2.45, 2.75) is 25.2 Å². The average Bonchev–Trinajstić information content (AvgIpc) is 3.35. The molecular formula is C19H18ClN3O3. The SMILES string of the molecule is O=C(Cc1ccccc1Cl)N1CCC(c2nnc(-c3ccco3)o2)CC1. The van der Waals surface area contributed by atoms with Crippen molar-refractivity contribution in [3.63, 3.8) is 0 Å². The van der Waals surface area contributed by atoms with Gasteiger partial charge in [0.2, 0.25) is 11.8 Å². The summed E-state index contributed by atoms with van der Waals surface area (Å²) < 4.78 is 11.0. The Kier molecular flexibility index (Phi) is 4.75. The zero-order valence-corrected chi connectivity index (χ0v) is 14.9. The van der Waals surface area contributed by atoms with Gasteiger partial charge in [-0.3, -0.25) is 4.79 Å². The second-order valence-electron chi connectivity index (χ2n) is 6.35. The van der Waals surface area contributed by atoms with Gasteiger partial charge in [0.15, 0.2) is 5.76 Å². The first kappa shape index (κ1) is 16.8. The molecule has 0 radical (unpaired) electrons. The highest BCUT2D eigenvalue weighted by Gasteiger charge is 2.28. The van der Waals surface area contributed by atoms with Crippen LogP contribution in [0.5, 0.6) is 0 Å². The number of amides is 1. The zero-order valence-electron chi connectivity index (χ0n) is 14.1. The number of carbonyl (C=O) groups is 1. The number of nitrogens with zero attached hydrogens (tertiary/aromatic N) is 3. The van der Waals surface area contributed by atoms with Gasteiger partial charge in [-0.15, -0.1) is 10.2 Å². The standard InChI is InChI=1S/C19H18ClN3O3/c20-15-5-2-1-4-14(15)12-17(24)23-9-7-13(8-10-23)18-21-22-19(26-18)16-6-3-11-25-16/h1-6,11,13H,7-10,12H2. The molecule has 1 aromatic carbocycles. The number of aromatic nitrogens is 2. The van der Waals surface area contributed by atoms with E-state index in [1.165, 1.54) is 0 Å². The Balaban J connectivity index is 1.35. The molecule has 26 heavy (non-hydrogen) atoms. The topological polar surface area (TPSA) is 72.4 Å². The summed E-state index contributed by atoms with van der Waals surface area (Å²) in [6, 6.07) is 11.0. The zero-order chi connectivity index (χ0) is 17.9. The summed E-state index contributed by atoms with van der Waals surface area (Å²) in [5.74, 6) is 1.82. The predicted octanol–water partition coefficient (Wildman–Crippen LogP) is 3.93. The maximum atomic E-state index is 12.5. The van der Waals surface area contributed by atoms with Crippen LogP contribution in [0, 0.1) is 0 Å². The molecule has 134 valence electrons. The number of likely N-dealkylation sites (tertiary alicyclic amines) is 1. The lowest BCUT2D eigenvalue weighted by Gasteiger charge is -2.30. The third-order valence-corrected chi connectivity index (χ3v) is 5.04. The van der Waals surface area contributed by atoms with Crippen LogP contribution in [0.3, 0.4) is 0 Å². The molecule has 0 bridgehead atoms. The molecule has 1 amide bonds. The van der Waals surface area contributed by atoms with E-state index in [1.54, 1.807) is 18.4 Å². The lowest BCUT2D eigenvalue weighted by atomic mass is 9.96. The molecule has 4 rings (SSSR count). The number of rotatable bonds is 4. The summed E-state index contributed by atoms with van der Waals surface area (Å²) in [6.45, 7) is 1.35. The molecule has 0 spiro atoms. The van der Waals surface area contributed by atoms with Gasteiger partial charge in [0.25, 0.3) is 5.89 Å². The van der Waals surface area contributed by atoms with E-state index in [4.69, 9.17) is 20.4 Å². The molecular weight excluding hydrogens is 354 g/mol. The van der Waals surface area contributed by atoms with Gasteiger partial charge in [0.1, 0.15) is 0 Å². The smallest absolute Gasteiger partial charge is 0.283 e. The molecule has 1 saturated heterocycles. The average molecular weight is 372 g/mol. The first-order chi connectivity index (χ1) is 12.7. The van der Waals surface area contributed by atoms with Gasteiger partial charge in [-0.25, -0.2) is 0 Å². The number of hydrogen-bond acceptors (Lipinski definition) is 5. The van der Waals surface area contributed by atoms with Crippen LogP contribution in [0.2, 0.25) is 5.02 Å². The van der Waals surface area contributed by atoms with Gasteiger partial charge in [0, 0.05) is 24.0 Å². The van der Waals surface area contributed by atoms with Crippen molar-refractivity contribution in [3.05, 3.63) is 59.1 Å². The Labute approximate surface area is 155 Å². The number of piperidine rings is 1. The van der Waals surface area contributed by atoms with Crippen LogP contribution < -0.4 is 0 Å². The third kappa shape index (κ3) is 3.51. The number of carbonyl (C=O) groups excluding carboxylic acids is 1. The minimum atomic E-state index is 0.0957. The number of hydrogen-bond donors (Lipinski definition) is 0. The van der Waals surface area contributed by atoms with Crippen LogP contribution in [0.1, 0.15) is 30.2 Å². The first-order valence-electron chi connectivity index (χ1n) is 8.59. The van der Waals surface area contributed by atoms with Gasteiger partial charge in [-0.05, 0) is 36.6 Å². The first-order valence-corrected chi connectivity index (χ1v) is 8.97. The molecule has 1 fully saturated rings. The van der Waals surface area contributed by atoms with Gasteiger partial charge in [-0.1, -0.05) is 29.8 Å². The highest BCUT2D eigenvalue weighted by atomic mass is 35.5. The molecule has 0 unspecified atom stereocenters. The molecule has 0 aliphatic carbocycles. The summed E-state index contributed by atoms with van der Waals surface area (Å²) in [5, 5.41) is 8.83. The monoisotopic (exact) mass is 371 g/mol. The molecule has 3 heterocycles. The summed E-state index contributed by atoms with van der Waals surface area (Å²) in [7, 11) is 0.